The molecule has 0 bridgehead atoms. The third-order valence-electron chi connectivity index (χ3n) is 3.65. The number of nitrogens with one attached hydrogen (secondary N) is 1. The molecule has 0 spiro atoms. The van der Waals surface area contributed by atoms with Crippen LogP contribution in [0.5, 0.6) is 5.75 Å². The maximum Gasteiger partial charge on any atom is 0.244 e. The Balaban J connectivity index is 0.00000288. The summed E-state index contributed by atoms with van der Waals surface area (Å²) in [6.45, 7) is 4.26. The Morgan fingerprint density at radius 1 is 1.12 bits per heavy atom. The molecule has 130 valence electrons. The first-order chi connectivity index (χ1) is 11.0. The minimum atomic E-state index is -0.843. The number of anilines is 1. The number of para-hydroxylation sites is 1. The van der Waals surface area contributed by atoms with Crippen LogP contribution in [0.25, 0.3) is 0 Å². The molecule has 3 N–H and O–H groups in total. The molecule has 5 heteroatoms. The minimum absolute atomic E-state index is 0. The van der Waals surface area contributed by atoms with Crippen molar-refractivity contribution in [2.24, 2.45) is 5.73 Å². The standard InChI is InChI=1S/C19H24N2O2.ClH/c1-3-13-19(2,20)18(22)21-16-11-9-15(10-12-16)14-23-17-7-5-4-6-8-17;/h4-12H,3,13-14,20H2,1-2H3,(H,21,22);1H. The number of hydrogen-bond donors (Lipinski definition) is 2. The molecular weight excluding hydrogens is 324 g/mol. The van der Waals surface area contributed by atoms with Crippen molar-refractivity contribution >= 4 is 24.0 Å². The van der Waals surface area contributed by atoms with Gasteiger partial charge in [-0.1, -0.05) is 43.7 Å². The van der Waals surface area contributed by atoms with E-state index in [0.717, 1.165) is 23.4 Å². The smallest absolute Gasteiger partial charge is 0.244 e. The lowest BCUT2D eigenvalue weighted by Gasteiger charge is -2.22. The minimum Gasteiger partial charge on any atom is -0.489 e. The van der Waals surface area contributed by atoms with E-state index in [1.165, 1.54) is 0 Å². The molecule has 24 heavy (non-hydrogen) atoms. The molecule has 1 atom stereocenters. The van der Waals surface area contributed by atoms with E-state index in [1.54, 1.807) is 6.92 Å². The number of carbonyl (C=O) groups is 1. The van der Waals surface area contributed by atoms with Crippen molar-refractivity contribution < 1.29 is 9.53 Å². The summed E-state index contributed by atoms with van der Waals surface area (Å²) < 4.78 is 5.69. The molecule has 1 unspecified atom stereocenters. The van der Waals surface area contributed by atoms with Crippen molar-refractivity contribution in [3.63, 3.8) is 0 Å². The Labute approximate surface area is 149 Å². The highest BCUT2D eigenvalue weighted by molar-refractivity contribution is 5.97. The lowest BCUT2D eigenvalue weighted by molar-refractivity contribution is -0.120. The van der Waals surface area contributed by atoms with Crippen molar-refractivity contribution in [1.82, 2.24) is 0 Å². The molecule has 0 aromatic heterocycles. The highest BCUT2D eigenvalue weighted by Crippen LogP contribution is 2.16. The average molecular weight is 349 g/mol. The first-order valence-electron chi connectivity index (χ1n) is 7.88. The van der Waals surface area contributed by atoms with Crippen molar-refractivity contribution in [1.29, 1.82) is 0 Å². The first kappa shape index (κ1) is 20.0. The largest absolute Gasteiger partial charge is 0.489 e. The number of benzene rings is 2. The number of amides is 1. The van der Waals surface area contributed by atoms with Crippen LogP contribution >= 0.6 is 12.4 Å². The molecule has 0 aliphatic carbocycles. The predicted molar refractivity (Wildman–Crippen MR) is 101 cm³/mol. The van der Waals surface area contributed by atoms with E-state index in [2.05, 4.69) is 5.32 Å². The highest BCUT2D eigenvalue weighted by Gasteiger charge is 2.26. The molecule has 0 saturated carbocycles. The van der Waals surface area contributed by atoms with Crippen molar-refractivity contribution in [3.05, 3.63) is 60.2 Å². The van der Waals surface area contributed by atoms with E-state index in [4.69, 9.17) is 10.5 Å². The van der Waals surface area contributed by atoms with Gasteiger partial charge in [-0.25, -0.2) is 0 Å². The molecule has 2 rings (SSSR count). The first-order valence-corrected chi connectivity index (χ1v) is 7.88. The summed E-state index contributed by atoms with van der Waals surface area (Å²) in [4.78, 5) is 12.2. The molecule has 0 aliphatic rings. The number of halogens is 1. The van der Waals surface area contributed by atoms with Gasteiger partial charge in [0.2, 0.25) is 5.91 Å². The summed E-state index contributed by atoms with van der Waals surface area (Å²) in [5, 5.41) is 2.86. The second-order valence-electron chi connectivity index (χ2n) is 5.92. The maximum atomic E-state index is 12.2. The number of nitrogens with two attached hydrogens (primary N) is 1. The van der Waals surface area contributed by atoms with Gasteiger partial charge in [-0.2, -0.15) is 0 Å². The molecule has 1 amide bonds. The van der Waals surface area contributed by atoms with Gasteiger partial charge in [0.05, 0.1) is 5.54 Å². The van der Waals surface area contributed by atoms with E-state index in [0.29, 0.717) is 13.0 Å². The molecular formula is C19H25ClN2O2. The van der Waals surface area contributed by atoms with E-state index in [1.807, 2.05) is 61.5 Å². The van der Waals surface area contributed by atoms with Crippen LogP contribution in [0, 0.1) is 0 Å². The highest BCUT2D eigenvalue weighted by atomic mass is 35.5. The Bertz CT molecular complexity index is 628. The van der Waals surface area contributed by atoms with Crippen molar-refractivity contribution in [2.45, 2.75) is 38.8 Å². The van der Waals surface area contributed by atoms with Crippen LogP contribution < -0.4 is 15.8 Å². The predicted octanol–water partition coefficient (Wildman–Crippen LogP) is 4.14. The fourth-order valence-corrected chi connectivity index (χ4v) is 2.27. The van der Waals surface area contributed by atoms with E-state index < -0.39 is 5.54 Å². The van der Waals surface area contributed by atoms with Crippen molar-refractivity contribution in [2.75, 3.05) is 5.32 Å². The molecule has 2 aromatic carbocycles. The Hall–Kier alpha value is -2.04. The molecule has 0 aliphatic heterocycles. The van der Waals surface area contributed by atoms with Gasteiger partial charge in [0, 0.05) is 5.69 Å². The zero-order valence-corrected chi connectivity index (χ0v) is 14.9. The van der Waals surface area contributed by atoms with Gasteiger partial charge in [-0.15, -0.1) is 12.4 Å². The average Bonchev–Trinajstić information content (AvgIpc) is 2.55. The van der Waals surface area contributed by atoms with Crippen LogP contribution in [0.4, 0.5) is 5.69 Å². The van der Waals surface area contributed by atoms with E-state index in [-0.39, 0.29) is 18.3 Å². The van der Waals surface area contributed by atoms with Crippen LogP contribution in [0.3, 0.4) is 0 Å². The number of ether oxygens (including phenoxy) is 1. The van der Waals surface area contributed by atoms with Gasteiger partial charge in [0.25, 0.3) is 0 Å². The Kier molecular flexibility index (Phi) is 7.75. The van der Waals surface area contributed by atoms with Gasteiger partial charge in [-0.05, 0) is 43.2 Å². The zero-order valence-electron chi connectivity index (χ0n) is 14.1. The summed E-state index contributed by atoms with van der Waals surface area (Å²) in [5.41, 5.74) is 6.96. The lowest BCUT2D eigenvalue weighted by atomic mass is 9.96. The summed E-state index contributed by atoms with van der Waals surface area (Å²) in [6, 6.07) is 17.3. The Morgan fingerprint density at radius 3 is 2.33 bits per heavy atom. The van der Waals surface area contributed by atoms with Gasteiger partial charge >= 0.3 is 0 Å². The van der Waals surface area contributed by atoms with Crippen LogP contribution in [0.1, 0.15) is 32.3 Å². The van der Waals surface area contributed by atoms with Gasteiger partial charge in [0.15, 0.2) is 0 Å². The summed E-state index contributed by atoms with van der Waals surface area (Å²) in [6.07, 6.45) is 1.53. The molecule has 4 nitrogen and oxygen atoms in total. The second-order valence-corrected chi connectivity index (χ2v) is 5.92. The van der Waals surface area contributed by atoms with Crippen LogP contribution in [-0.4, -0.2) is 11.4 Å². The van der Waals surface area contributed by atoms with Crippen LogP contribution in [-0.2, 0) is 11.4 Å². The van der Waals surface area contributed by atoms with Crippen LogP contribution in [0.15, 0.2) is 54.6 Å². The third-order valence-corrected chi connectivity index (χ3v) is 3.65. The fourth-order valence-electron chi connectivity index (χ4n) is 2.27. The quantitative estimate of drug-likeness (QED) is 0.790. The third kappa shape index (κ3) is 5.87. The summed E-state index contributed by atoms with van der Waals surface area (Å²) >= 11 is 0. The van der Waals surface area contributed by atoms with E-state index >= 15 is 0 Å². The topological polar surface area (TPSA) is 64.4 Å². The van der Waals surface area contributed by atoms with Gasteiger partial charge in [0.1, 0.15) is 12.4 Å². The molecule has 0 heterocycles. The van der Waals surface area contributed by atoms with Gasteiger partial charge < -0.3 is 15.8 Å². The molecule has 0 radical (unpaired) electrons. The Morgan fingerprint density at radius 2 is 1.75 bits per heavy atom. The summed E-state index contributed by atoms with van der Waals surface area (Å²) in [7, 11) is 0. The number of rotatable bonds is 7. The molecule has 0 fully saturated rings. The molecule has 2 aromatic rings. The molecule has 0 saturated heterocycles. The lowest BCUT2D eigenvalue weighted by Crippen LogP contribution is -2.48. The van der Waals surface area contributed by atoms with Gasteiger partial charge in [-0.3, -0.25) is 4.79 Å². The maximum absolute atomic E-state index is 12.2. The van der Waals surface area contributed by atoms with Crippen molar-refractivity contribution in [3.8, 4) is 5.75 Å². The van der Waals surface area contributed by atoms with Crippen LogP contribution in [0.2, 0.25) is 0 Å². The monoisotopic (exact) mass is 348 g/mol. The second kappa shape index (κ2) is 9.30. The summed E-state index contributed by atoms with van der Waals surface area (Å²) in [5.74, 6) is 0.677. The number of carbonyl (C=O) groups excluding carboxylic acids is 1. The number of hydrogen-bond acceptors (Lipinski definition) is 3. The fraction of sp³-hybridized carbons (Fsp3) is 0.316. The normalized spacial score (nSPS) is 12.6. The SMILES string of the molecule is CCCC(C)(N)C(=O)Nc1ccc(COc2ccccc2)cc1.Cl. The van der Waals surface area contributed by atoms with E-state index in [9.17, 15) is 4.79 Å². The zero-order chi connectivity index (χ0) is 16.7.